The molecule has 0 aromatic carbocycles. The summed E-state index contributed by atoms with van der Waals surface area (Å²) in [5.41, 5.74) is 0. The van der Waals surface area contributed by atoms with E-state index >= 15 is 0 Å². The predicted octanol–water partition coefficient (Wildman–Crippen LogP) is 21.4. The fraction of sp³-hybridized carbons (Fsp3) is 0.643. The molecular formula is C70H114O6. The average molecular weight is 1050 g/mol. The molecule has 0 rings (SSSR count). The summed E-state index contributed by atoms with van der Waals surface area (Å²) < 4.78 is 16.8. The van der Waals surface area contributed by atoms with Crippen LogP contribution in [0.15, 0.2) is 134 Å². The molecule has 0 heterocycles. The highest BCUT2D eigenvalue weighted by molar-refractivity contribution is 5.71. The van der Waals surface area contributed by atoms with Crippen LogP contribution in [-0.4, -0.2) is 37.2 Å². The molecule has 0 aliphatic carbocycles. The van der Waals surface area contributed by atoms with Crippen LogP contribution in [-0.2, 0) is 28.6 Å². The van der Waals surface area contributed by atoms with Crippen LogP contribution >= 0.6 is 0 Å². The van der Waals surface area contributed by atoms with E-state index in [1.54, 1.807) is 0 Å². The van der Waals surface area contributed by atoms with Crippen LogP contribution in [0.4, 0.5) is 0 Å². The van der Waals surface area contributed by atoms with Gasteiger partial charge < -0.3 is 14.2 Å². The minimum Gasteiger partial charge on any atom is -0.462 e. The lowest BCUT2D eigenvalue weighted by Crippen LogP contribution is -2.30. The zero-order valence-corrected chi connectivity index (χ0v) is 49.2. The predicted molar refractivity (Wildman–Crippen MR) is 329 cm³/mol. The largest absolute Gasteiger partial charge is 0.462 e. The Hall–Kier alpha value is -4.45. The Bertz CT molecular complexity index is 1630. The number of unbranched alkanes of at least 4 members (excludes halogenated alkanes) is 22. The summed E-state index contributed by atoms with van der Waals surface area (Å²) in [6, 6.07) is 0. The Morgan fingerprint density at radius 1 is 0.276 bits per heavy atom. The van der Waals surface area contributed by atoms with Gasteiger partial charge in [-0.1, -0.05) is 257 Å². The molecule has 76 heavy (non-hydrogen) atoms. The molecule has 1 unspecified atom stereocenters. The first-order chi connectivity index (χ1) is 37.5. The molecular weight excluding hydrogens is 937 g/mol. The smallest absolute Gasteiger partial charge is 0.306 e. The lowest BCUT2D eigenvalue weighted by atomic mass is 10.0. The lowest BCUT2D eigenvalue weighted by molar-refractivity contribution is -0.167. The summed E-state index contributed by atoms with van der Waals surface area (Å²) in [6.07, 6.45) is 89.0. The zero-order chi connectivity index (χ0) is 55.0. The summed E-state index contributed by atoms with van der Waals surface area (Å²) in [5.74, 6) is -0.976. The van der Waals surface area contributed by atoms with Gasteiger partial charge in [-0.05, 0) is 128 Å². The minimum atomic E-state index is -0.815. The SMILES string of the molecule is CC/C=C\C/C=C\C/C=C\C/C=C\C/C=C\CCCCCCCCCCCCCCCC(=O)OCC(COC(=O)CCCCCCC/C=C\CCCCC)OC(=O)CCC/C=C\C/C=C\C/C=C\C/C=C\C/C=C\CC. The Balaban J connectivity index is 4.32. The fourth-order valence-corrected chi connectivity index (χ4v) is 8.26. The van der Waals surface area contributed by atoms with E-state index in [1.165, 1.54) is 103 Å². The Morgan fingerprint density at radius 2 is 0.526 bits per heavy atom. The van der Waals surface area contributed by atoms with Crippen molar-refractivity contribution in [3.63, 3.8) is 0 Å². The van der Waals surface area contributed by atoms with Crippen molar-refractivity contribution >= 4 is 17.9 Å². The second-order valence-corrected chi connectivity index (χ2v) is 20.2. The molecule has 0 radical (unpaired) electrons. The zero-order valence-electron chi connectivity index (χ0n) is 49.2. The van der Waals surface area contributed by atoms with Gasteiger partial charge in [0.2, 0.25) is 0 Å². The molecule has 6 nitrogen and oxygen atoms in total. The van der Waals surface area contributed by atoms with Crippen molar-refractivity contribution < 1.29 is 28.6 Å². The first-order valence-electron chi connectivity index (χ1n) is 31.2. The molecule has 0 saturated carbocycles. The number of ether oxygens (including phenoxy) is 3. The number of hydrogen-bond acceptors (Lipinski definition) is 6. The second kappa shape index (κ2) is 63.1. The van der Waals surface area contributed by atoms with Gasteiger partial charge in [-0.25, -0.2) is 0 Å². The number of allylic oxidation sites excluding steroid dienone is 22. The van der Waals surface area contributed by atoms with Crippen molar-refractivity contribution in [3.05, 3.63) is 134 Å². The average Bonchev–Trinajstić information content (AvgIpc) is 3.42. The van der Waals surface area contributed by atoms with Gasteiger partial charge in [0, 0.05) is 19.3 Å². The van der Waals surface area contributed by atoms with Gasteiger partial charge in [0.25, 0.3) is 0 Å². The van der Waals surface area contributed by atoms with E-state index < -0.39 is 6.10 Å². The number of esters is 3. The molecule has 430 valence electrons. The van der Waals surface area contributed by atoms with Gasteiger partial charge in [-0.15, -0.1) is 0 Å². The van der Waals surface area contributed by atoms with Gasteiger partial charge in [0.15, 0.2) is 6.10 Å². The van der Waals surface area contributed by atoms with Crippen LogP contribution in [0.5, 0.6) is 0 Å². The van der Waals surface area contributed by atoms with Crippen LogP contribution in [0.1, 0.15) is 271 Å². The Kier molecular flexibility index (Phi) is 59.4. The molecule has 1 atom stereocenters. The van der Waals surface area contributed by atoms with E-state index in [-0.39, 0.29) is 37.5 Å². The molecule has 0 N–H and O–H groups in total. The molecule has 0 amide bonds. The summed E-state index contributed by atoms with van der Waals surface area (Å²) in [5, 5.41) is 0. The lowest BCUT2D eigenvalue weighted by Gasteiger charge is -2.18. The maximum atomic E-state index is 12.8. The highest BCUT2D eigenvalue weighted by Gasteiger charge is 2.19. The van der Waals surface area contributed by atoms with Gasteiger partial charge in [-0.3, -0.25) is 14.4 Å². The van der Waals surface area contributed by atoms with Crippen LogP contribution in [0, 0.1) is 0 Å². The van der Waals surface area contributed by atoms with Crippen LogP contribution in [0.25, 0.3) is 0 Å². The number of rotatable bonds is 55. The van der Waals surface area contributed by atoms with E-state index in [0.717, 1.165) is 122 Å². The molecule has 0 aromatic heterocycles. The summed E-state index contributed by atoms with van der Waals surface area (Å²) >= 11 is 0. The van der Waals surface area contributed by atoms with Crippen molar-refractivity contribution in [2.45, 2.75) is 277 Å². The molecule has 0 aromatic rings. The van der Waals surface area contributed by atoms with Crippen LogP contribution < -0.4 is 0 Å². The van der Waals surface area contributed by atoms with Gasteiger partial charge >= 0.3 is 17.9 Å². The maximum Gasteiger partial charge on any atom is 0.306 e. The molecule has 0 bridgehead atoms. The third kappa shape index (κ3) is 60.4. The normalized spacial score (nSPS) is 13.0. The fourth-order valence-electron chi connectivity index (χ4n) is 8.26. The van der Waals surface area contributed by atoms with Crippen LogP contribution in [0.3, 0.4) is 0 Å². The third-order valence-electron chi connectivity index (χ3n) is 12.9. The van der Waals surface area contributed by atoms with Gasteiger partial charge in [0.05, 0.1) is 0 Å². The topological polar surface area (TPSA) is 78.9 Å². The first kappa shape index (κ1) is 71.5. The molecule has 0 aliphatic rings. The van der Waals surface area contributed by atoms with Gasteiger partial charge in [-0.2, -0.15) is 0 Å². The maximum absolute atomic E-state index is 12.8. The van der Waals surface area contributed by atoms with Crippen molar-refractivity contribution in [3.8, 4) is 0 Å². The van der Waals surface area contributed by atoms with E-state index in [2.05, 4.69) is 154 Å². The molecule has 0 saturated heterocycles. The number of carbonyl (C=O) groups is 3. The minimum absolute atomic E-state index is 0.106. The number of hydrogen-bond donors (Lipinski definition) is 0. The van der Waals surface area contributed by atoms with Crippen LogP contribution in [0.2, 0.25) is 0 Å². The van der Waals surface area contributed by atoms with E-state index in [9.17, 15) is 14.4 Å². The molecule has 6 heteroatoms. The van der Waals surface area contributed by atoms with E-state index in [0.29, 0.717) is 19.3 Å². The van der Waals surface area contributed by atoms with E-state index in [1.807, 2.05) is 0 Å². The quantitative estimate of drug-likeness (QED) is 0.0261. The van der Waals surface area contributed by atoms with Crippen molar-refractivity contribution in [1.29, 1.82) is 0 Å². The van der Waals surface area contributed by atoms with E-state index in [4.69, 9.17) is 14.2 Å². The summed E-state index contributed by atoms with van der Waals surface area (Å²) in [7, 11) is 0. The molecule has 0 aliphatic heterocycles. The number of carbonyl (C=O) groups excluding carboxylic acids is 3. The Morgan fingerprint density at radius 3 is 0.855 bits per heavy atom. The van der Waals surface area contributed by atoms with Crippen molar-refractivity contribution in [1.82, 2.24) is 0 Å². The summed E-state index contributed by atoms with van der Waals surface area (Å²) in [6.45, 7) is 6.33. The second-order valence-electron chi connectivity index (χ2n) is 20.2. The molecule has 0 spiro atoms. The van der Waals surface area contributed by atoms with Crippen molar-refractivity contribution in [2.24, 2.45) is 0 Å². The Labute approximate surface area is 468 Å². The monoisotopic (exact) mass is 1050 g/mol. The molecule has 0 fully saturated rings. The third-order valence-corrected chi connectivity index (χ3v) is 12.9. The summed E-state index contributed by atoms with van der Waals surface area (Å²) in [4.78, 5) is 38.2. The van der Waals surface area contributed by atoms with Gasteiger partial charge in [0.1, 0.15) is 13.2 Å². The first-order valence-corrected chi connectivity index (χ1v) is 31.2. The highest BCUT2D eigenvalue weighted by Crippen LogP contribution is 2.15. The van der Waals surface area contributed by atoms with Crippen molar-refractivity contribution in [2.75, 3.05) is 13.2 Å². The standard InChI is InChI=1S/C70H114O6/c1-4-7-10-13-16-19-22-25-27-29-30-31-32-33-34-35-36-37-38-39-40-42-43-45-48-51-54-57-60-63-69(72)75-66-67(65-74-68(71)62-59-56-53-50-47-24-21-18-15-12-9-6-3)76-70(73)64-61-58-55-52-49-46-44-41-28-26-23-20-17-14-11-8-5-2/h7-8,10-11,16-21,25-28,30-31,33-34,44,46,52,55,67H,4-6,9,12-15,22-24,29,32,35-43,45,47-51,53-54,56-66H2,1-3H3/b10-7-,11-8-,19-16-,20-17-,21-18-,27-25-,28-26-,31-30-,34-33-,46-44-,55-52-. The highest BCUT2D eigenvalue weighted by atomic mass is 16.6.